The Kier molecular flexibility index (Phi) is 6.36. The molecule has 0 unspecified atom stereocenters. The van der Waals surface area contributed by atoms with Gasteiger partial charge in [0, 0.05) is 38.0 Å². The van der Waals surface area contributed by atoms with Crippen LogP contribution >= 0.6 is 11.3 Å². The number of nitrogens with zero attached hydrogens (tertiary/aromatic N) is 3. The van der Waals surface area contributed by atoms with E-state index in [0.717, 1.165) is 46.2 Å². The highest BCUT2D eigenvalue weighted by molar-refractivity contribution is 7.89. The van der Waals surface area contributed by atoms with Crippen molar-refractivity contribution in [3.8, 4) is 0 Å². The molecule has 0 bridgehead atoms. The molecule has 1 aliphatic heterocycles. The Bertz CT molecular complexity index is 1140. The van der Waals surface area contributed by atoms with Gasteiger partial charge in [-0.2, -0.15) is 4.31 Å². The Balaban J connectivity index is 1.41. The summed E-state index contributed by atoms with van der Waals surface area (Å²) in [7, 11) is -4.23. The standard InChI is InChI=1S/C22H23F2N3O2S2/c1-2-16-6-8-17(9-7-16)14-18-15-30-22(25-18)26-10-12-27(13-11-26)31(28,29)21-19(23)4-3-5-20(21)24/h3-9,15H,2,10-14H2,1H3. The van der Waals surface area contributed by atoms with E-state index in [-0.39, 0.29) is 13.1 Å². The van der Waals surface area contributed by atoms with Crippen LogP contribution in [-0.4, -0.2) is 43.9 Å². The fourth-order valence-electron chi connectivity index (χ4n) is 3.60. The Morgan fingerprint density at radius 3 is 2.19 bits per heavy atom. The maximum absolute atomic E-state index is 14.0. The molecule has 0 amide bonds. The molecule has 0 atom stereocenters. The maximum atomic E-state index is 14.0. The molecule has 31 heavy (non-hydrogen) atoms. The smallest absolute Gasteiger partial charge is 0.249 e. The number of thiazole rings is 1. The van der Waals surface area contributed by atoms with Gasteiger partial charge < -0.3 is 4.90 Å². The second kappa shape index (κ2) is 9.02. The molecule has 164 valence electrons. The van der Waals surface area contributed by atoms with E-state index in [1.807, 2.05) is 10.3 Å². The number of rotatable bonds is 6. The molecule has 5 nitrogen and oxygen atoms in total. The van der Waals surface area contributed by atoms with Crippen LogP contribution in [0.3, 0.4) is 0 Å². The summed E-state index contributed by atoms with van der Waals surface area (Å²) in [6, 6.07) is 11.5. The monoisotopic (exact) mass is 463 g/mol. The predicted molar refractivity (Wildman–Crippen MR) is 118 cm³/mol. The fraction of sp³-hybridized carbons (Fsp3) is 0.318. The minimum atomic E-state index is -4.23. The zero-order valence-electron chi connectivity index (χ0n) is 17.1. The highest BCUT2D eigenvalue weighted by Gasteiger charge is 2.33. The third kappa shape index (κ3) is 4.63. The van der Waals surface area contributed by atoms with Gasteiger partial charge in [0.05, 0.1) is 5.69 Å². The maximum Gasteiger partial charge on any atom is 0.249 e. The lowest BCUT2D eigenvalue weighted by molar-refractivity contribution is 0.378. The Morgan fingerprint density at radius 1 is 0.968 bits per heavy atom. The first-order chi connectivity index (χ1) is 14.9. The van der Waals surface area contributed by atoms with E-state index < -0.39 is 26.6 Å². The van der Waals surface area contributed by atoms with Gasteiger partial charge in [-0.1, -0.05) is 37.3 Å². The third-order valence-electron chi connectivity index (χ3n) is 5.38. The second-order valence-electron chi connectivity index (χ2n) is 7.41. The highest BCUT2D eigenvalue weighted by atomic mass is 32.2. The lowest BCUT2D eigenvalue weighted by Gasteiger charge is -2.33. The van der Waals surface area contributed by atoms with Gasteiger partial charge in [-0.15, -0.1) is 11.3 Å². The lowest BCUT2D eigenvalue weighted by atomic mass is 10.1. The van der Waals surface area contributed by atoms with Crippen molar-refractivity contribution in [3.63, 3.8) is 0 Å². The van der Waals surface area contributed by atoms with Crippen molar-refractivity contribution in [2.75, 3.05) is 31.1 Å². The van der Waals surface area contributed by atoms with Crippen molar-refractivity contribution in [1.29, 1.82) is 0 Å². The van der Waals surface area contributed by atoms with Crippen LogP contribution < -0.4 is 4.90 Å². The number of aromatic nitrogens is 1. The number of piperazine rings is 1. The van der Waals surface area contributed by atoms with Crippen molar-refractivity contribution >= 4 is 26.5 Å². The van der Waals surface area contributed by atoms with E-state index in [4.69, 9.17) is 4.98 Å². The number of hydrogen-bond acceptors (Lipinski definition) is 5. The molecule has 0 aliphatic carbocycles. The molecule has 0 radical (unpaired) electrons. The average molecular weight is 464 g/mol. The number of hydrogen-bond donors (Lipinski definition) is 0. The van der Waals surface area contributed by atoms with Crippen LogP contribution in [0.2, 0.25) is 0 Å². The first-order valence-corrected chi connectivity index (χ1v) is 12.4. The van der Waals surface area contributed by atoms with Crippen molar-refractivity contribution < 1.29 is 17.2 Å². The van der Waals surface area contributed by atoms with Gasteiger partial charge in [0.1, 0.15) is 11.6 Å². The number of halogens is 2. The van der Waals surface area contributed by atoms with Crippen molar-refractivity contribution in [3.05, 3.63) is 76.3 Å². The molecular formula is C22H23F2N3O2S2. The first kappa shape index (κ1) is 21.9. The molecule has 1 aromatic heterocycles. The molecule has 1 aliphatic rings. The summed E-state index contributed by atoms with van der Waals surface area (Å²) >= 11 is 1.52. The largest absolute Gasteiger partial charge is 0.345 e. The zero-order chi connectivity index (χ0) is 22.0. The van der Waals surface area contributed by atoms with Gasteiger partial charge in [-0.25, -0.2) is 22.2 Å². The topological polar surface area (TPSA) is 53.5 Å². The normalized spacial score (nSPS) is 15.4. The summed E-state index contributed by atoms with van der Waals surface area (Å²) in [5, 5.41) is 2.84. The predicted octanol–water partition coefficient (Wildman–Crippen LogP) is 4.09. The van der Waals surface area contributed by atoms with Crippen LogP contribution in [0.5, 0.6) is 0 Å². The second-order valence-corrected chi connectivity index (χ2v) is 10.1. The van der Waals surface area contributed by atoms with E-state index in [1.165, 1.54) is 22.5 Å². The van der Waals surface area contributed by atoms with E-state index in [0.29, 0.717) is 13.1 Å². The van der Waals surface area contributed by atoms with Gasteiger partial charge in [0.15, 0.2) is 10.0 Å². The Morgan fingerprint density at radius 2 is 1.58 bits per heavy atom. The van der Waals surface area contributed by atoms with Gasteiger partial charge in [0.2, 0.25) is 10.0 Å². The quantitative estimate of drug-likeness (QED) is 0.553. The number of anilines is 1. The molecular weight excluding hydrogens is 440 g/mol. The van der Waals surface area contributed by atoms with Crippen LogP contribution in [0.1, 0.15) is 23.7 Å². The summed E-state index contributed by atoms with van der Waals surface area (Å²) in [4.78, 5) is 5.83. The Hall–Kier alpha value is -2.36. The van der Waals surface area contributed by atoms with Crippen molar-refractivity contribution in [1.82, 2.24) is 9.29 Å². The summed E-state index contributed by atoms with van der Waals surface area (Å²) in [6.45, 7) is 3.23. The highest BCUT2D eigenvalue weighted by Crippen LogP contribution is 2.27. The number of aryl methyl sites for hydroxylation is 1. The number of sulfonamides is 1. The number of benzene rings is 2. The van der Waals surface area contributed by atoms with Crippen LogP contribution in [-0.2, 0) is 22.9 Å². The molecule has 1 fully saturated rings. The SMILES string of the molecule is CCc1ccc(Cc2csc(N3CCN(S(=O)(=O)c4c(F)cccc4F)CC3)n2)cc1. The van der Waals surface area contributed by atoms with E-state index in [9.17, 15) is 17.2 Å². The van der Waals surface area contributed by atoms with Crippen LogP contribution in [0.15, 0.2) is 52.7 Å². The molecule has 1 saturated heterocycles. The van der Waals surface area contributed by atoms with Crippen molar-refractivity contribution in [2.24, 2.45) is 0 Å². The average Bonchev–Trinajstić information content (AvgIpc) is 3.22. The molecule has 2 aromatic carbocycles. The van der Waals surface area contributed by atoms with E-state index in [1.54, 1.807) is 0 Å². The van der Waals surface area contributed by atoms with Crippen LogP contribution in [0.4, 0.5) is 13.9 Å². The van der Waals surface area contributed by atoms with Gasteiger partial charge >= 0.3 is 0 Å². The minimum absolute atomic E-state index is 0.142. The summed E-state index contributed by atoms with van der Waals surface area (Å²) in [5.41, 5.74) is 3.45. The van der Waals surface area contributed by atoms with Crippen molar-refractivity contribution in [2.45, 2.75) is 24.7 Å². The molecule has 4 rings (SSSR count). The fourth-order valence-corrected chi connectivity index (χ4v) is 6.01. The van der Waals surface area contributed by atoms with E-state index >= 15 is 0 Å². The molecule has 0 spiro atoms. The van der Waals surface area contributed by atoms with Gasteiger partial charge in [-0.05, 0) is 29.7 Å². The molecule has 2 heterocycles. The van der Waals surface area contributed by atoms with Crippen LogP contribution in [0, 0.1) is 11.6 Å². The molecule has 9 heteroatoms. The summed E-state index contributed by atoms with van der Waals surface area (Å²) in [5.74, 6) is -2.14. The third-order valence-corrected chi connectivity index (χ3v) is 8.28. The molecule has 0 N–H and O–H groups in total. The first-order valence-electron chi connectivity index (χ1n) is 10.1. The van der Waals surface area contributed by atoms with E-state index in [2.05, 4.69) is 31.2 Å². The Labute approximate surface area is 185 Å². The summed E-state index contributed by atoms with van der Waals surface area (Å²) < 4.78 is 54.6. The molecule has 3 aromatic rings. The van der Waals surface area contributed by atoms with Gasteiger partial charge in [0.25, 0.3) is 0 Å². The van der Waals surface area contributed by atoms with Gasteiger partial charge in [-0.3, -0.25) is 0 Å². The summed E-state index contributed by atoms with van der Waals surface area (Å²) in [6.07, 6.45) is 1.74. The molecule has 0 saturated carbocycles. The minimum Gasteiger partial charge on any atom is -0.345 e. The lowest BCUT2D eigenvalue weighted by Crippen LogP contribution is -2.49. The van der Waals surface area contributed by atoms with Crippen LogP contribution in [0.25, 0.3) is 0 Å². The zero-order valence-corrected chi connectivity index (χ0v) is 18.7.